The fourth-order valence-corrected chi connectivity index (χ4v) is 1.60. The third-order valence-corrected chi connectivity index (χ3v) is 2.51. The summed E-state index contributed by atoms with van der Waals surface area (Å²) in [4.78, 5) is 4.08. The molecule has 2 aromatic rings. The Labute approximate surface area is 96.9 Å². The van der Waals surface area contributed by atoms with Crippen LogP contribution in [0.25, 0.3) is 11.3 Å². The lowest BCUT2D eigenvalue weighted by molar-refractivity contribution is 0.628. The van der Waals surface area contributed by atoms with Crippen LogP contribution in [0.3, 0.4) is 0 Å². The summed E-state index contributed by atoms with van der Waals surface area (Å²) >= 11 is 6.00. The zero-order valence-electron chi connectivity index (χ0n) is 8.11. The smallest absolute Gasteiger partial charge is 0.123 e. The molecule has 16 heavy (non-hydrogen) atoms. The molecule has 1 aromatic carbocycles. The van der Waals surface area contributed by atoms with Gasteiger partial charge in [0.1, 0.15) is 11.9 Å². The second-order valence-corrected chi connectivity index (χ2v) is 3.52. The Balaban J connectivity index is 2.57. The average Bonchev–Trinajstić information content (AvgIpc) is 2.31. The van der Waals surface area contributed by atoms with Gasteiger partial charge in [-0.2, -0.15) is 5.26 Å². The Morgan fingerprint density at radius 2 is 1.88 bits per heavy atom. The largest absolute Gasteiger partial charge is 0.255 e. The van der Waals surface area contributed by atoms with Crippen molar-refractivity contribution in [1.29, 1.82) is 5.26 Å². The number of aromatic nitrogens is 1. The Hall–Kier alpha value is -1.92. The number of rotatable bonds is 1. The van der Waals surface area contributed by atoms with Gasteiger partial charge in [-0.1, -0.05) is 11.6 Å². The molecule has 0 bridgehead atoms. The molecule has 0 fully saturated rings. The predicted octanol–water partition coefficient (Wildman–Crippen LogP) is 3.41. The monoisotopic (exact) mass is 232 g/mol. The molecule has 0 radical (unpaired) electrons. The predicted molar refractivity (Wildman–Crippen MR) is 59.4 cm³/mol. The highest BCUT2D eigenvalue weighted by Gasteiger charge is 2.09. The van der Waals surface area contributed by atoms with Crippen molar-refractivity contribution in [2.24, 2.45) is 0 Å². The van der Waals surface area contributed by atoms with E-state index in [0.29, 0.717) is 16.8 Å². The molecule has 0 unspecified atom stereocenters. The van der Waals surface area contributed by atoms with E-state index in [1.807, 2.05) is 6.07 Å². The van der Waals surface area contributed by atoms with Crippen LogP contribution in [0.1, 0.15) is 5.56 Å². The molecular formula is C12H6ClFN2. The summed E-state index contributed by atoms with van der Waals surface area (Å²) in [6.45, 7) is 0. The standard InChI is InChI=1S/C12H6ClFN2/c13-11-9(7-15)5-6-16-12(11)8-1-3-10(14)4-2-8/h1-6H. The van der Waals surface area contributed by atoms with Crippen molar-refractivity contribution in [3.63, 3.8) is 0 Å². The van der Waals surface area contributed by atoms with Gasteiger partial charge in [-0.15, -0.1) is 0 Å². The second-order valence-electron chi connectivity index (χ2n) is 3.14. The molecule has 0 aliphatic carbocycles. The van der Waals surface area contributed by atoms with E-state index >= 15 is 0 Å². The Bertz CT molecular complexity index is 558. The van der Waals surface area contributed by atoms with Gasteiger partial charge in [0, 0.05) is 11.8 Å². The molecule has 0 saturated carbocycles. The van der Waals surface area contributed by atoms with Gasteiger partial charge < -0.3 is 0 Å². The number of nitrogens with zero attached hydrogens (tertiary/aromatic N) is 2. The molecule has 4 heteroatoms. The molecule has 0 atom stereocenters. The summed E-state index contributed by atoms with van der Waals surface area (Å²) < 4.78 is 12.7. The number of hydrogen-bond donors (Lipinski definition) is 0. The number of nitriles is 1. The third kappa shape index (κ3) is 1.88. The van der Waals surface area contributed by atoms with Gasteiger partial charge in [-0.3, -0.25) is 4.98 Å². The normalized spacial score (nSPS) is 9.81. The molecular weight excluding hydrogens is 227 g/mol. The van der Waals surface area contributed by atoms with Gasteiger partial charge in [0.05, 0.1) is 16.3 Å². The van der Waals surface area contributed by atoms with Crippen molar-refractivity contribution in [2.45, 2.75) is 0 Å². The SMILES string of the molecule is N#Cc1ccnc(-c2ccc(F)cc2)c1Cl. The summed E-state index contributed by atoms with van der Waals surface area (Å²) in [5.74, 6) is -0.323. The second kappa shape index (κ2) is 4.30. The van der Waals surface area contributed by atoms with E-state index < -0.39 is 0 Å². The van der Waals surface area contributed by atoms with E-state index in [4.69, 9.17) is 16.9 Å². The Morgan fingerprint density at radius 1 is 1.19 bits per heavy atom. The van der Waals surface area contributed by atoms with Gasteiger partial charge in [0.25, 0.3) is 0 Å². The van der Waals surface area contributed by atoms with Crippen LogP contribution in [0.15, 0.2) is 36.5 Å². The van der Waals surface area contributed by atoms with Crippen LogP contribution in [0.4, 0.5) is 4.39 Å². The minimum Gasteiger partial charge on any atom is -0.255 e. The summed E-state index contributed by atoms with van der Waals surface area (Å²) in [5.41, 5.74) is 1.53. The number of benzene rings is 1. The first-order valence-electron chi connectivity index (χ1n) is 4.53. The maximum Gasteiger partial charge on any atom is 0.123 e. The zero-order chi connectivity index (χ0) is 11.5. The summed E-state index contributed by atoms with van der Waals surface area (Å²) in [5, 5.41) is 9.10. The number of hydrogen-bond acceptors (Lipinski definition) is 2. The van der Waals surface area contributed by atoms with Crippen LogP contribution in [-0.4, -0.2) is 4.98 Å². The lowest BCUT2D eigenvalue weighted by Crippen LogP contribution is -1.88. The van der Waals surface area contributed by atoms with Crippen molar-refractivity contribution in [1.82, 2.24) is 4.98 Å². The number of halogens is 2. The van der Waals surface area contributed by atoms with E-state index in [0.717, 1.165) is 0 Å². The van der Waals surface area contributed by atoms with Gasteiger partial charge in [-0.25, -0.2) is 4.39 Å². The molecule has 78 valence electrons. The molecule has 0 aliphatic heterocycles. The fourth-order valence-electron chi connectivity index (χ4n) is 1.34. The molecule has 0 amide bonds. The minimum absolute atomic E-state index is 0.289. The van der Waals surface area contributed by atoms with Crippen LogP contribution >= 0.6 is 11.6 Å². The Kier molecular flexibility index (Phi) is 2.84. The van der Waals surface area contributed by atoms with Gasteiger partial charge >= 0.3 is 0 Å². The first-order valence-corrected chi connectivity index (χ1v) is 4.90. The highest BCUT2D eigenvalue weighted by Crippen LogP contribution is 2.28. The molecule has 2 rings (SSSR count). The lowest BCUT2D eigenvalue weighted by Gasteiger charge is -2.04. The quantitative estimate of drug-likeness (QED) is 0.756. The summed E-state index contributed by atoms with van der Waals surface area (Å²) in [7, 11) is 0. The number of pyridine rings is 1. The van der Waals surface area contributed by atoms with Crippen LogP contribution in [-0.2, 0) is 0 Å². The van der Waals surface area contributed by atoms with Gasteiger partial charge in [0.2, 0.25) is 0 Å². The van der Waals surface area contributed by atoms with Gasteiger partial charge in [0.15, 0.2) is 0 Å². The molecule has 0 N–H and O–H groups in total. The third-order valence-electron chi connectivity index (χ3n) is 2.13. The van der Waals surface area contributed by atoms with Crippen LogP contribution in [0, 0.1) is 17.1 Å². The average molecular weight is 233 g/mol. The molecule has 1 aromatic heterocycles. The van der Waals surface area contributed by atoms with Crippen LogP contribution in [0.5, 0.6) is 0 Å². The van der Waals surface area contributed by atoms with E-state index in [1.54, 1.807) is 12.1 Å². The van der Waals surface area contributed by atoms with E-state index in [2.05, 4.69) is 4.98 Å². The first kappa shape index (κ1) is 10.6. The van der Waals surface area contributed by atoms with Crippen molar-refractivity contribution in [3.05, 3.63) is 52.9 Å². The van der Waals surface area contributed by atoms with Gasteiger partial charge in [-0.05, 0) is 30.3 Å². The fraction of sp³-hybridized carbons (Fsp3) is 0. The van der Waals surface area contributed by atoms with Crippen LogP contribution < -0.4 is 0 Å². The highest BCUT2D eigenvalue weighted by molar-refractivity contribution is 6.34. The van der Waals surface area contributed by atoms with Crippen molar-refractivity contribution in [2.75, 3.05) is 0 Å². The first-order chi connectivity index (χ1) is 7.72. The topological polar surface area (TPSA) is 36.7 Å². The van der Waals surface area contributed by atoms with Crippen molar-refractivity contribution >= 4 is 11.6 Å². The summed E-state index contributed by atoms with van der Waals surface area (Å²) in [6.07, 6.45) is 1.50. The Morgan fingerprint density at radius 3 is 2.50 bits per heavy atom. The van der Waals surface area contributed by atoms with Crippen molar-refractivity contribution < 1.29 is 4.39 Å². The molecule has 0 saturated heterocycles. The zero-order valence-corrected chi connectivity index (χ0v) is 8.87. The molecule has 2 nitrogen and oxygen atoms in total. The van der Waals surface area contributed by atoms with Crippen LogP contribution in [0.2, 0.25) is 5.02 Å². The maximum atomic E-state index is 12.7. The lowest BCUT2D eigenvalue weighted by atomic mass is 10.1. The molecule has 0 spiro atoms. The van der Waals surface area contributed by atoms with E-state index in [9.17, 15) is 4.39 Å². The summed E-state index contributed by atoms with van der Waals surface area (Å²) in [6, 6.07) is 9.31. The highest BCUT2D eigenvalue weighted by atomic mass is 35.5. The maximum absolute atomic E-state index is 12.7. The van der Waals surface area contributed by atoms with E-state index in [1.165, 1.54) is 24.4 Å². The van der Waals surface area contributed by atoms with Crippen molar-refractivity contribution in [3.8, 4) is 17.3 Å². The molecule has 0 aliphatic rings. The molecule has 1 heterocycles. The van der Waals surface area contributed by atoms with E-state index in [-0.39, 0.29) is 10.8 Å². The minimum atomic E-state index is -0.323.